The fourth-order valence-corrected chi connectivity index (χ4v) is 2.41. The van der Waals surface area contributed by atoms with Gasteiger partial charge in [-0.15, -0.1) is 0 Å². The summed E-state index contributed by atoms with van der Waals surface area (Å²) in [5.74, 6) is -0.963. The lowest BCUT2D eigenvalue weighted by Crippen LogP contribution is -2.20. The molecule has 0 aliphatic heterocycles. The molecule has 27 heavy (non-hydrogen) atoms. The second-order valence-corrected chi connectivity index (χ2v) is 5.56. The van der Waals surface area contributed by atoms with Gasteiger partial charge in [0.25, 0.3) is 5.91 Å². The monoisotopic (exact) mass is 375 g/mol. The van der Waals surface area contributed by atoms with Crippen molar-refractivity contribution in [3.8, 4) is 5.69 Å². The number of alkyl halides is 3. The minimum absolute atomic E-state index is 0.194. The minimum atomic E-state index is -4.46. The molecule has 3 aromatic rings. The Morgan fingerprint density at radius 1 is 1.04 bits per heavy atom. The van der Waals surface area contributed by atoms with Crippen LogP contribution in [0.3, 0.4) is 0 Å². The Morgan fingerprint density at radius 3 is 2.48 bits per heavy atom. The molecule has 0 aliphatic rings. The van der Waals surface area contributed by atoms with Gasteiger partial charge in [-0.3, -0.25) is 4.79 Å². The third-order valence-corrected chi connectivity index (χ3v) is 3.68. The Hall–Kier alpha value is -3.42. The van der Waals surface area contributed by atoms with E-state index in [4.69, 9.17) is 0 Å². The van der Waals surface area contributed by atoms with Gasteiger partial charge in [0.1, 0.15) is 11.5 Å². The van der Waals surface area contributed by atoms with Crippen LogP contribution in [0.25, 0.3) is 5.69 Å². The number of carbonyl (C=O) groups excluding carboxylic acids is 1. The van der Waals surface area contributed by atoms with Gasteiger partial charge in [-0.05, 0) is 54.1 Å². The molecular formula is C19H13F4N3O. The molecule has 3 rings (SSSR count). The summed E-state index contributed by atoms with van der Waals surface area (Å²) in [4.78, 5) is 12.3. The van der Waals surface area contributed by atoms with E-state index >= 15 is 0 Å². The van der Waals surface area contributed by atoms with Crippen molar-refractivity contribution >= 4 is 12.1 Å². The maximum absolute atomic E-state index is 13.0. The van der Waals surface area contributed by atoms with E-state index in [-0.39, 0.29) is 11.3 Å². The highest BCUT2D eigenvalue weighted by Crippen LogP contribution is 2.29. The van der Waals surface area contributed by atoms with Gasteiger partial charge < -0.3 is 4.57 Å². The second kappa shape index (κ2) is 7.45. The fraction of sp³-hybridized carbons (Fsp3) is 0.0526. The summed E-state index contributed by atoms with van der Waals surface area (Å²) >= 11 is 0. The summed E-state index contributed by atoms with van der Waals surface area (Å²) in [6, 6.07) is 13.3. The Morgan fingerprint density at radius 2 is 1.78 bits per heavy atom. The number of aromatic nitrogens is 1. The van der Waals surface area contributed by atoms with E-state index in [9.17, 15) is 22.4 Å². The lowest BCUT2D eigenvalue weighted by Gasteiger charge is -2.08. The number of nitrogens with zero attached hydrogens (tertiary/aromatic N) is 2. The number of rotatable bonds is 4. The smallest absolute Gasteiger partial charge is 0.312 e. The van der Waals surface area contributed by atoms with Gasteiger partial charge in [-0.25, -0.2) is 9.82 Å². The van der Waals surface area contributed by atoms with Crippen LogP contribution in [0.15, 0.2) is 72.0 Å². The van der Waals surface area contributed by atoms with Crippen molar-refractivity contribution in [1.29, 1.82) is 0 Å². The molecule has 1 amide bonds. The first-order valence-electron chi connectivity index (χ1n) is 7.78. The Bertz CT molecular complexity index is 975. The van der Waals surface area contributed by atoms with Gasteiger partial charge in [0, 0.05) is 11.9 Å². The van der Waals surface area contributed by atoms with Crippen molar-refractivity contribution in [2.45, 2.75) is 6.18 Å². The van der Waals surface area contributed by atoms with Crippen LogP contribution in [-0.2, 0) is 6.18 Å². The molecule has 0 atom stereocenters. The number of hydrazone groups is 1. The summed E-state index contributed by atoms with van der Waals surface area (Å²) in [5.41, 5.74) is 2.47. The zero-order chi connectivity index (χ0) is 19.4. The molecule has 0 bridgehead atoms. The van der Waals surface area contributed by atoms with Gasteiger partial charge >= 0.3 is 6.18 Å². The summed E-state index contributed by atoms with van der Waals surface area (Å²) in [7, 11) is 0. The molecular weight excluding hydrogens is 362 g/mol. The Balaban J connectivity index is 1.73. The maximum atomic E-state index is 13.0. The molecule has 0 radical (unpaired) electrons. The van der Waals surface area contributed by atoms with E-state index in [1.807, 2.05) is 0 Å². The fourth-order valence-electron chi connectivity index (χ4n) is 2.41. The zero-order valence-electron chi connectivity index (χ0n) is 13.7. The van der Waals surface area contributed by atoms with Crippen molar-refractivity contribution < 1.29 is 22.4 Å². The number of halogens is 4. The molecule has 0 fully saturated rings. The molecule has 4 nitrogen and oxygen atoms in total. The number of hydrogen-bond acceptors (Lipinski definition) is 2. The van der Waals surface area contributed by atoms with Crippen molar-refractivity contribution in [2.75, 3.05) is 0 Å². The highest BCUT2D eigenvalue weighted by Gasteiger charge is 2.30. The summed E-state index contributed by atoms with van der Waals surface area (Å²) in [6.07, 6.45) is -1.71. The molecule has 8 heteroatoms. The zero-order valence-corrected chi connectivity index (χ0v) is 13.7. The molecule has 1 N–H and O–H groups in total. The number of carbonyl (C=O) groups is 1. The quantitative estimate of drug-likeness (QED) is 0.410. The average molecular weight is 375 g/mol. The first-order chi connectivity index (χ1) is 12.8. The molecule has 0 unspecified atom stereocenters. The molecule has 1 heterocycles. The third kappa shape index (κ3) is 4.41. The Labute approximate surface area is 151 Å². The summed E-state index contributed by atoms with van der Waals surface area (Å²) in [5, 5.41) is 3.70. The molecule has 0 spiro atoms. The predicted octanol–water partition coefficient (Wildman–Crippen LogP) is 4.40. The van der Waals surface area contributed by atoms with Crippen LogP contribution >= 0.6 is 0 Å². The van der Waals surface area contributed by atoms with Gasteiger partial charge in [0.15, 0.2) is 0 Å². The number of amides is 1. The number of benzene rings is 2. The van der Waals surface area contributed by atoms with Crippen LogP contribution in [0.1, 0.15) is 21.6 Å². The third-order valence-electron chi connectivity index (χ3n) is 3.68. The van der Waals surface area contributed by atoms with E-state index < -0.39 is 23.5 Å². The van der Waals surface area contributed by atoms with Crippen molar-refractivity contribution in [3.63, 3.8) is 0 Å². The predicted molar refractivity (Wildman–Crippen MR) is 92.2 cm³/mol. The van der Waals surface area contributed by atoms with E-state index in [0.29, 0.717) is 5.69 Å². The van der Waals surface area contributed by atoms with Gasteiger partial charge in [0.2, 0.25) is 0 Å². The van der Waals surface area contributed by atoms with E-state index in [1.165, 1.54) is 41.0 Å². The first kappa shape index (κ1) is 18.4. The normalized spacial score (nSPS) is 11.7. The van der Waals surface area contributed by atoms with Crippen LogP contribution in [0.2, 0.25) is 0 Å². The van der Waals surface area contributed by atoms with Crippen LogP contribution in [0.4, 0.5) is 17.6 Å². The van der Waals surface area contributed by atoms with Crippen molar-refractivity contribution in [3.05, 3.63) is 89.5 Å². The molecule has 0 aliphatic carbocycles. The number of hydrogen-bond donors (Lipinski definition) is 1. The minimum Gasteiger partial charge on any atom is -0.312 e. The largest absolute Gasteiger partial charge is 0.416 e. The Kier molecular flexibility index (Phi) is 5.07. The van der Waals surface area contributed by atoms with E-state index in [1.54, 1.807) is 18.3 Å². The average Bonchev–Trinajstić information content (AvgIpc) is 3.12. The van der Waals surface area contributed by atoms with Gasteiger partial charge in [-0.2, -0.15) is 18.3 Å². The van der Waals surface area contributed by atoms with Crippen LogP contribution < -0.4 is 5.43 Å². The topological polar surface area (TPSA) is 46.4 Å². The molecule has 0 saturated heterocycles. The molecule has 0 saturated carbocycles. The lowest BCUT2D eigenvalue weighted by atomic mass is 10.1. The highest BCUT2D eigenvalue weighted by atomic mass is 19.4. The first-order valence-corrected chi connectivity index (χ1v) is 7.78. The van der Waals surface area contributed by atoms with Crippen LogP contribution in [0.5, 0.6) is 0 Å². The van der Waals surface area contributed by atoms with Crippen molar-refractivity contribution in [1.82, 2.24) is 9.99 Å². The second-order valence-electron chi connectivity index (χ2n) is 5.56. The summed E-state index contributed by atoms with van der Waals surface area (Å²) in [6.45, 7) is 0. The van der Waals surface area contributed by atoms with E-state index in [2.05, 4.69) is 10.5 Å². The maximum Gasteiger partial charge on any atom is 0.416 e. The highest BCUT2D eigenvalue weighted by molar-refractivity contribution is 5.94. The van der Waals surface area contributed by atoms with Crippen molar-refractivity contribution in [2.24, 2.45) is 5.10 Å². The lowest BCUT2D eigenvalue weighted by molar-refractivity contribution is -0.137. The SMILES string of the molecule is O=C(NN=Cc1cccc(C(F)(F)F)c1)c1cccn1-c1ccc(F)cc1. The van der Waals surface area contributed by atoms with E-state index in [0.717, 1.165) is 18.3 Å². The van der Waals surface area contributed by atoms with Gasteiger partial charge in [0.05, 0.1) is 11.8 Å². The standard InChI is InChI=1S/C19H13F4N3O/c20-15-6-8-16(9-7-15)26-10-2-5-17(26)18(27)25-24-12-13-3-1-4-14(11-13)19(21,22)23/h1-12H,(H,25,27). The molecule has 138 valence electrons. The summed E-state index contributed by atoms with van der Waals surface area (Å²) < 4.78 is 52.7. The van der Waals surface area contributed by atoms with Crippen LogP contribution in [0, 0.1) is 5.82 Å². The van der Waals surface area contributed by atoms with Crippen LogP contribution in [-0.4, -0.2) is 16.7 Å². The number of nitrogens with one attached hydrogen (secondary N) is 1. The molecule has 2 aromatic carbocycles. The van der Waals surface area contributed by atoms with Gasteiger partial charge in [-0.1, -0.05) is 12.1 Å². The molecule has 1 aromatic heterocycles.